The molecular formula is C20H21N3O6. The number of hydrogen-bond acceptors (Lipinski definition) is 7. The van der Waals surface area contributed by atoms with Gasteiger partial charge >= 0.3 is 11.8 Å². The van der Waals surface area contributed by atoms with Gasteiger partial charge in [0, 0.05) is 6.07 Å². The molecule has 2 heterocycles. The minimum atomic E-state index is -1.14. The van der Waals surface area contributed by atoms with E-state index in [1.165, 1.54) is 17.0 Å². The summed E-state index contributed by atoms with van der Waals surface area (Å²) in [7, 11) is 0. The van der Waals surface area contributed by atoms with E-state index in [0.29, 0.717) is 17.9 Å². The predicted octanol–water partition coefficient (Wildman–Crippen LogP) is 3.26. The van der Waals surface area contributed by atoms with Crippen molar-refractivity contribution < 1.29 is 24.0 Å². The first-order valence-electron chi connectivity index (χ1n) is 9.15. The fourth-order valence-corrected chi connectivity index (χ4v) is 2.89. The molecule has 29 heavy (non-hydrogen) atoms. The summed E-state index contributed by atoms with van der Waals surface area (Å²) in [5.41, 5.74) is -0.0123. The van der Waals surface area contributed by atoms with Gasteiger partial charge in [0.05, 0.1) is 18.7 Å². The van der Waals surface area contributed by atoms with E-state index < -0.39 is 16.5 Å². The van der Waals surface area contributed by atoms with E-state index in [2.05, 4.69) is 4.98 Å². The molecule has 0 bridgehead atoms. The molecule has 0 N–H and O–H groups in total. The number of aromatic nitrogens is 1. The zero-order chi connectivity index (χ0) is 21.2. The normalized spacial score (nSPS) is 14.7. The van der Waals surface area contributed by atoms with Crippen LogP contribution in [-0.4, -0.2) is 34.0 Å². The lowest BCUT2D eigenvalue weighted by Gasteiger charge is -2.35. The molecular weight excluding hydrogens is 378 g/mol. The number of nitrogens with zero attached hydrogens (tertiary/aromatic N) is 3. The number of esters is 1. The second-order valence-electron chi connectivity index (χ2n) is 7.08. The second-order valence-corrected chi connectivity index (χ2v) is 7.08. The lowest BCUT2D eigenvalue weighted by atomic mass is 10.0. The van der Waals surface area contributed by atoms with Crippen molar-refractivity contribution in [3.63, 3.8) is 0 Å². The molecule has 1 aromatic carbocycles. The third-order valence-corrected chi connectivity index (χ3v) is 4.36. The van der Waals surface area contributed by atoms with Gasteiger partial charge in [0.25, 0.3) is 11.7 Å². The minimum Gasteiger partial charge on any atom is -0.472 e. The second kappa shape index (κ2) is 7.86. The number of pyridine rings is 1. The van der Waals surface area contributed by atoms with Crippen LogP contribution in [0.25, 0.3) is 0 Å². The van der Waals surface area contributed by atoms with Gasteiger partial charge in [-0.25, -0.2) is 4.79 Å². The number of anilines is 1. The van der Waals surface area contributed by atoms with Crippen LogP contribution in [0.2, 0.25) is 0 Å². The summed E-state index contributed by atoms with van der Waals surface area (Å²) in [5.74, 6) is -0.775. The Balaban J connectivity index is 1.89. The number of carbonyl (C=O) groups excluding carboxylic acids is 2. The van der Waals surface area contributed by atoms with Crippen LogP contribution >= 0.6 is 0 Å². The fourth-order valence-electron chi connectivity index (χ4n) is 2.89. The Labute approximate surface area is 167 Å². The van der Waals surface area contributed by atoms with Gasteiger partial charge in [0.1, 0.15) is 0 Å². The van der Waals surface area contributed by atoms with E-state index in [1.807, 2.05) is 6.92 Å². The molecule has 1 aliphatic rings. The molecule has 0 saturated carbocycles. The molecule has 9 nitrogen and oxygen atoms in total. The average Bonchev–Trinajstić information content (AvgIpc) is 2.69. The summed E-state index contributed by atoms with van der Waals surface area (Å²) in [6, 6.07) is 9.31. The average molecular weight is 399 g/mol. The van der Waals surface area contributed by atoms with E-state index >= 15 is 0 Å². The van der Waals surface area contributed by atoms with E-state index in [1.54, 1.807) is 38.1 Å². The lowest BCUT2D eigenvalue weighted by Crippen LogP contribution is -2.52. The largest absolute Gasteiger partial charge is 0.472 e. The Kier molecular flexibility index (Phi) is 5.49. The number of ether oxygens (including phenoxy) is 2. The van der Waals surface area contributed by atoms with Gasteiger partial charge in [-0.3, -0.25) is 9.69 Å². The van der Waals surface area contributed by atoms with Crippen LogP contribution in [0.5, 0.6) is 5.75 Å². The summed E-state index contributed by atoms with van der Waals surface area (Å²) in [4.78, 5) is 40.7. The molecule has 1 aliphatic heterocycles. The van der Waals surface area contributed by atoms with Gasteiger partial charge < -0.3 is 19.6 Å². The maximum absolute atomic E-state index is 12.9. The quantitative estimate of drug-likeness (QED) is 0.416. The number of nitro groups is 1. The number of fused-ring (bicyclic) bond motifs is 1. The maximum Gasteiger partial charge on any atom is 0.366 e. The van der Waals surface area contributed by atoms with Gasteiger partial charge in [-0.2, -0.15) is 0 Å². The molecule has 3 rings (SSSR count). The standard InChI is InChI=1S/C20H21N3O6/c1-4-11-28-18(24)14-7-5-13(6-8-14)12-22-17-15(29-20(2,3)19(22)25)9-10-16(21-17)23(26)27/h5-10H,4,11-12H2,1-3H3. The van der Waals surface area contributed by atoms with Crippen molar-refractivity contribution in [3.05, 3.63) is 57.6 Å². The van der Waals surface area contributed by atoms with E-state index in [-0.39, 0.29) is 24.1 Å². The highest BCUT2D eigenvalue weighted by molar-refractivity contribution is 6.01. The summed E-state index contributed by atoms with van der Waals surface area (Å²) in [6.45, 7) is 5.63. The molecule has 0 saturated heterocycles. The van der Waals surface area contributed by atoms with Crippen LogP contribution in [0, 0.1) is 10.1 Å². The summed E-state index contributed by atoms with van der Waals surface area (Å²) in [5, 5.41) is 11.1. The zero-order valence-electron chi connectivity index (χ0n) is 16.4. The molecule has 1 aromatic heterocycles. The number of carbonyl (C=O) groups is 2. The SMILES string of the molecule is CCCOC(=O)c1ccc(CN2C(=O)C(C)(C)Oc3ccc([N+](=O)[O-])nc32)cc1. The Hall–Kier alpha value is -3.49. The van der Waals surface area contributed by atoms with Crippen molar-refractivity contribution in [2.24, 2.45) is 0 Å². The van der Waals surface area contributed by atoms with Crippen molar-refractivity contribution in [1.29, 1.82) is 0 Å². The smallest absolute Gasteiger partial charge is 0.366 e. The van der Waals surface area contributed by atoms with E-state index in [9.17, 15) is 19.7 Å². The van der Waals surface area contributed by atoms with Crippen LogP contribution in [0.4, 0.5) is 11.6 Å². The molecule has 9 heteroatoms. The molecule has 0 fully saturated rings. The molecule has 0 spiro atoms. The summed E-state index contributed by atoms with van der Waals surface area (Å²) < 4.78 is 10.8. The molecule has 1 amide bonds. The molecule has 152 valence electrons. The van der Waals surface area contributed by atoms with Crippen LogP contribution in [0.15, 0.2) is 36.4 Å². The van der Waals surface area contributed by atoms with Crippen LogP contribution in [0.1, 0.15) is 43.1 Å². The van der Waals surface area contributed by atoms with Gasteiger partial charge in [0.15, 0.2) is 11.4 Å². The monoisotopic (exact) mass is 399 g/mol. The summed E-state index contributed by atoms with van der Waals surface area (Å²) >= 11 is 0. The highest BCUT2D eigenvalue weighted by atomic mass is 16.6. The first kappa shape index (κ1) is 20.2. The van der Waals surface area contributed by atoms with Crippen molar-refractivity contribution >= 4 is 23.5 Å². The Morgan fingerprint density at radius 3 is 2.55 bits per heavy atom. The lowest BCUT2D eigenvalue weighted by molar-refractivity contribution is -0.389. The Bertz CT molecular complexity index is 955. The van der Waals surface area contributed by atoms with Crippen LogP contribution in [0.3, 0.4) is 0 Å². The maximum atomic E-state index is 12.9. The molecule has 2 aromatic rings. The number of amides is 1. The highest BCUT2D eigenvalue weighted by Crippen LogP contribution is 2.38. The zero-order valence-corrected chi connectivity index (χ0v) is 16.4. The number of rotatable bonds is 6. The van der Waals surface area contributed by atoms with E-state index in [0.717, 1.165) is 12.0 Å². The van der Waals surface area contributed by atoms with Crippen molar-refractivity contribution in [2.45, 2.75) is 39.3 Å². The van der Waals surface area contributed by atoms with Crippen LogP contribution in [-0.2, 0) is 16.1 Å². The molecule has 0 atom stereocenters. The minimum absolute atomic E-state index is 0.0926. The third kappa shape index (κ3) is 4.18. The van der Waals surface area contributed by atoms with Crippen molar-refractivity contribution in [3.8, 4) is 5.75 Å². The topological polar surface area (TPSA) is 112 Å². The van der Waals surface area contributed by atoms with Crippen LogP contribution < -0.4 is 9.64 Å². The van der Waals surface area contributed by atoms with Crippen molar-refractivity contribution in [1.82, 2.24) is 4.98 Å². The molecule has 0 radical (unpaired) electrons. The molecule has 0 aliphatic carbocycles. The fraction of sp³-hybridized carbons (Fsp3) is 0.350. The van der Waals surface area contributed by atoms with Gasteiger partial charge in [-0.05, 0) is 53.9 Å². The first-order chi connectivity index (χ1) is 13.7. The summed E-state index contributed by atoms with van der Waals surface area (Å²) in [6.07, 6.45) is 0.733. The van der Waals surface area contributed by atoms with Gasteiger partial charge in [-0.1, -0.05) is 19.1 Å². The first-order valence-corrected chi connectivity index (χ1v) is 9.15. The van der Waals surface area contributed by atoms with E-state index in [4.69, 9.17) is 9.47 Å². The Morgan fingerprint density at radius 2 is 1.93 bits per heavy atom. The third-order valence-electron chi connectivity index (χ3n) is 4.36. The van der Waals surface area contributed by atoms with Gasteiger partial charge in [-0.15, -0.1) is 0 Å². The highest BCUT2D eigenvalue weighted by Gasteiger charge is 2.44. The Morgan fingerprint density at radius 1 is 1.24 bits per heavy atom. The van der Waals surface area contributed by atoms with Gasteiger partial charge in [0.2, 0.25) is 0 Å². The number of hydrogen-bond donors (Lipinski definition) is 0. The number of benzene rings is 1. The molecule has 0 unspecified atom stereocenters. The predicted molar refractivity (Wildman–Crippen MR) is 104 cm³/mol. The van der Waals surface area contributed by atoms with Crippen molar-refractivity contribution in [2.75, 3.05) is 11.5 Å².